The van der Waals surface area contributed by atoms with Gasteiger partial charge in [0, 0.05) is 0 Å². The van der Waals surface area contributed by atoms with Gasteiger partial charge in [0.2, 0.25) is 0 Å². The maximum atomic E-state index is 2.49. The quantitative estimate of drug-likeness (QED) is 0.203. The van der Waals surface area contributed by atoms with Gasteiger partial charge < -0.3 is 0 Å². The number of rotatable bonds is 19. The van der Waals surface area contributed by atoms with Crippen LogP contribution in [0.3, 0.4) is 0 Å². The second-order valence-corrected chi connectivity index (χ2v) is 9.59. The van der Waals surface area contributed by atoms with Crippen molar-refractivity contribution >= 4 is 0 Å². The highest BCUT2D eigenvalue weighted by Gasteiger charge is 2.16. The van der Waals surface area contributed by atoms with Crippen LogP contribution in [0.25, 0.3) is 0 Å². The first kappa shape index (κ1) is 25.0. The first-order chi connectivity index (χ1) is 12.0. The molecule has 0 heteroatoms. The SMILES string of the molecule is CCCCCCCCC(C)CCCCCCC(C)(C)CCCCCC. The molecular weight excluding hydrogens is 300 g/mol. The minimum absolute atomic E-state index is 0.582. The Labute approximate surface area is 161 Å². The molecule has 0 rings (SSSR count). The van der Waals surface area contributed by atoms with Gasteiger partial charge in [0.25, 0.3) is 0 Å². The predicted octanol–water partition coefficient (Wildman–Crippen LogP) is 9.71. The maximum Gasteiger partial charge on any atom is -0.0354 e. The fourth-order valence-electron chi connectivity index (χ4n) is 4.02. The van der Waals surface area contributed by atoms with Gasteiger partial charge in [-0.15, -0.1) is 0 Å². The largest absolute Gasteiger partial charge is 0.0654 e. The van der Waals surface area contributed by atoms with Crippen LogP contribution in [-0.2, 0) is 0 Å². The van der Waals surface area contributed by atoms with E-state index in [0.717, 1.165) is 5.92 Å². The smallest absolute Gasteiger partial charge is 0.0354 e. The van der Waals surface area contributed by atoms with E-state index in [9.17, 15) is 0 Å². The monoisotopic (exact) mass is 352 g/mol. The molecule has 1 unspecified atom stereocenters. The molecule has 0 nitrogen and oxygen atoms in total. The van der Waals surface area contributed by atoms with Crippen molar-refractivity contribution in [1.29, 1.82) is 0 Å². The van der Waals surface area contributed by atoms with Gasteiger partial charge in [0.1, 0.15) is 0 Å². The van der Waals surface area contributed by atoms with Crippen molar-refractivity contribution in [3.63, 3.8) is 0 Å². The van der Waals surface area contributed by atoms with E-state index >= 15 is 0 Å². The van der Waals surface area contributed by atoms with Crippen LogP contribution < -0.4 is 0 Å². The molecule has 0 spiro atoms. The molecule has 0 aliphatic heterocycles. The summed E-state index contributed by atoms with van der Waals surface area (Å²) in [6, 6.07) is 0. The van der Waals surface area contributed by atoms with E-state index in [1.54, 1.807) is 0 Å². The molecule has 0 bridgehead atoms. The molecule has 0 saturated heterocycles. The van der Waals surface area contributed by atoms with Gasteiger partial charge in [0.15, 0.2) is 0 Å². The highest BCUT2D eigenvalue weighted by Crippen LogP contribution is 2.30. The molecule has 1 atom stereocenters. The summed E-state index contributed by atoms with van der Waals surface area (Å²) < 4.78 is 0. The molecule has 0 saturated carbocycles. The molecule has 0 aromatic rings. The highest BCUT2D eigenvalue weighted by atomic mass is 14.2. The Morgan fingerprint density at radius 3 is 1.36 bits per heavy atom. The predicted molar refractivity (Wildman–Crippen MR) is 117 cm³/mol. The fourth-order valence-corrected chi connectivity index (χ4v) is 4.02. The van der Waals surface area contributed by atoms with Crippen LogP contribution in [-0.4, -0.2) is 0 Å². The Kier molecular flexibility index (Phi) is 17.4. The zero-order valence-corrected chi connectivity index (χ0v) is 18.8. The number of hydrogen-bond acceptors (Lipinski definition) is 0. The Morgan fingerprint density at radius 2 is 0.880 bits per heavy atom. The minimum atomic E-state index is 0.582. The van der Waals surface area contributed by atoms with Crippen LogP contribution in [0.4, 0.5) is 0 Å². The van der Waals surface area contributed by atoms with Crippen molar-refractivity contribution in [2.75, 3.05) is 0 Å². The summed E-state index contributed by atoms with van der Waals surface area (Å²) in [4.78, 5) is 0. The van der Waals surface area contributed by atoms with E-state index in [2.05, 4.69) is 34.6 Å². The lowest BCUT2D eigenvalue weighted by Gasteiger charge is -2.24. The lowest BCUT2D eigenvalue weighted by atomic mass is 9.81. The van der Waals surface area contributed by atoms with Crippen molar-refractivity contribution in [3.05, 3.63) is 0 Å². The first-order valence-electron chi connectivity index (χ1n) is 12.0. The average Bonchev–Trinajstić information content (AvgIpc) is 2.58. The van der Waals surface area contributed by atoms with E-state index < -0.39 is 0 Å². The topological polar surface area (TPSA) is 0 Å². The number of hydrogen-bond donors (Lipinski definition) is 0. The average molecular weight is 353 g/mol. The lowest BCUT2D eigenvalue weighted by Crippen LogP contribution is -2.11. The molecule has 0 fully saturated rings. The molecule has 0 N–H and O–H groups in total. The van der Waals surface area contributed by atoms with Crippen LogP contribution in [0, 0.1) is 11.3 Å². The molecule has 0 aliphatic rings. The Hall–Kier alpha value is 0. The van der Waals surface area contributed by atoms with Crippen LogP contribution in [0.1, 0.15) is 150 Å². The summed E-state index contributed by atoms with van der Waals surface area (Å²) >= 11 is 0. The van der Waals surface area contributed by atoms with Crippen molar-refractivity contribution in [1.82, 2.24) is 0 Å². The zero-order chi connectivity index (χ0) is 18.8. The third-order valence-corrected chi connectivity index (χ3v) is 6.06. The van der Waals surface area contributed by atoms with Crippen LogP contribution in [0.2, 0.25) is 0 Å². The van der Waals surface area contributed by atoms with Gasteiger partial charge in [0.05, 0.1) is 0 Å². The van der Waals surface area contributed by atoms with Crippen molar-refractivity contribution in [2.45, 2.75) is 150 Å². The zero-order valence-electron chi connectivity index (χ0n) is 18.8. The third kappa shape index (κ3) is 18.6. The van der Waals surface area contributed by atoms with Gasteiger partial charge in [-0.3, -0.25) is 0 Å². The van der Waals surface area contributed by atoms with E-state index in [1.807, 2.05) is 0 Å². The highest BCUT2D eigenvalue weighted by molar-refractivity contribution is 4.68. The lowest BCUT2D eigenvalue weighted by molar-refractivity contribution is 0.282. The van der Waals surface area contributed by atoms with Crippen LogP contribution >= 0.6 is 0 Å². The normalized spacial score (nSPS) is 13.3. The van der Waals surface area contributed by atoms with Gasteiger partial charge in [-0.05, 0) is 24.2 Å². The van der Waals surface area contributed by atoms with Crippen molar-refractivity contribution < 1.29 is 0 Å². The molecule has 0 heterocycles. The summed E-state index contributed by atoms with van der Waals surface area (Å²) in [5.74, 6) is 0.959. The second kappa shape index (κ2) is 17.4. The summed E-state index contributed by atoms with van der Waals surface area (Å²) in [6.07, 6.45) is 26.0. The van der Waals surface area contributed by atoms with E-state index in [0.29, 0.717) is 5.41 Å². The maximum absolute atomic E-state index is 2.49. The summed E-state index contributed by atoms with van der Waals surface area (Å²) in [5, 5.41) is 0. The summed E-state index contributed by atoms with van der Waals surface area (Å²) in [7, 11) is 0. The standard InChI is InChI=1S/C25H52/c1-6-8-10-12-13-16-20-24(3)21-17-14-15-19-23-25(4,5)22-18-11-9-7-2/h24H,6-23H2,1-5H3. The second-order valence-electron chi connectivity index (χ2n) is 9.59. The minimum Gasteiger partial charge on any atom is -0.0654 e. The first-order valence-corrected chi connectivity index (χ1v) is 12.0. The van der Waals surface area contributed by atoms with E-state index in [4.69, 9.17) is 0 Å². The van der Waals surface area contributed by atoms with Crippen LogP contribution in [0.5, 0.6) is 0 Å². The molecule has 0 radical (unpaired) electrons. The molecule has 152 valence electrons. The van der Waals surface area contributed by atoms with Crippen molar-refractivity contribution in [3.8, 4) is 0 Å². The van der Waals surface area contributed by atoms with Gasteiger partial charge >= 0.3 is 0 Å². The molecular formula is C25H52. The molecule has 0 aliphatic carbocycles. The van der Waals surface area contributed by atoms with Gasteiger partial charge in [-0.2, -0.15) is 0 Å². The number of unbranched alkanes of at least 4 members (excludes halogenated alkanes) is 11. The Balaban J connectivity index is 3.40. The van der Waals surface area contributed by atoms with Crippen molar-refractivity contribution in [2.24, 2.45) is 11.3 Å². The Morgan fingerprint density at radius 1 is 0.520 bits per heavy atom. The summed E-state index contributed by atoms with van der Waals surface area (Å²) in [6.45, 7) is 12.1. The molecule has 0 aromatic heterocycles. The summed E-state index contributed by atoms with van der Waals surface area (Å²) in [5.41, 5.74) is 0.582. The molecule has 0 aromatic carbocycles. The molecule has 0 amide bonds. The Bertz CT molecular complexity index is 253. The molecule has 25 heavy (non-hydrogen) atoms. The third-order valence-electron chi connectivity index (χ3n) is 6.06. The fraction of sp³-hybridized carbons (Fsp3) is 1.00. The van der Waals surface area contributed by atoms with Crippen LogP contribution in [0.15, 0.2) is 0 Å². The van der Waals surface area contributed by atoms with E-state index in [-0.39, 0.29) is 0 Å². The van der Waals surface area contributed by atoms with E-state index in [1.165, 1.54) is 116 Å². The van der Waals surface area contributed by atoms with Gasteiger partial charge in [-0.1, -0.05) is 137 Å². The van der Waals surface area contributed by atoms with Gasteiger partial charge in [-0.25, -0.2) is 0 Å².